The summed E-state index contributed by atoms with van der Waals surface area (Å²) in [6, 6.07) is 9.35. The van der Waals surface area contributed by atoms with Gasteiger partial charge in [0, 0.05) is 31.2 Å². The van der Waals surface area contributed by atoms with Gasteiger partial charge in [-0.25, -0.2) is 0 Å². The van der Waals surface area contributed by atoms with Crippen molar-refractivity contribution in [2.45, 2.75) is 44.3 Å². The van der Waals surface area contributed by atoms with Gasteiger partial charge in [-0.1, -0.05) is 12.1 Å². The molecule has 0 bridgehead atoms. The molecule has 2 aliphatic rings. The standard InChI is InChI=1S/C15H22N2O/c1-11(12-3-2-4-15(18)9-12)16-13-7-8-17(10-13)14-5-6-14/h2-4,9,11,13-14,16,18H,5-8,10H2,1H3. The molecule has 0 radical (unpaired) electrons. The highest BCUT2D eigenvalue weighted by Gasteiger charge is 2.34. The number of nitrogens with zero attached hydrogens (tertiary/aromatic N) is 1. The van der Waals surface area contributed by atoms with Crippen LogP contribution in [0.5, 0.6) is 5.75 Å². The fraction of sp³-hybridized carbons (Fsp3) is 0.600. The molecule has 2 fully saturated rings. The molecule has 1 heterocycles. The van der Waals surface area contributed by atoms with Crippen LogP contribution in [0, 0.1) is 0 Å². The van der Waals surface area contributed by atoms with Gasteiger partial charge in [-0.2, -0.15) is 0 Å². The van der Waals surface area contributed by atoms with Gasteiger partial charge in [0.05, 0.1) is 0 Å². The van der Waals surface area contributed by atoms with Gasteiger partial charge in [0.2, 0.25) is 0 Å². The van der Waals surface area contributed by atoms with Gasteiger partial charge in [-0.15, -0.1) is 0 Å². The molecule has 2 unspecified atom stereocenters. The van der Waals surface area contributed by atoms with Crippen LogP contribution in [0.3, 0.4) is 0 Å². The van der Waals surface area contributed by atoms with Crippen LogP contribution in [-0.2, 0) is 0 Å². The minimum absolute atomic E-state index is 0.307. The molecule has 98 valence electrons. The molecule has 18 heavy (non-hydrogen) atoms. The van der Waals surface area contributed by atoms with Crippen molar-refractivity contribution in [2.75, 3.05) is 13.1 Å². The van der Waals surface area contributed by atoms with Crippen LogP contribution < -0.4 is 5.32 Å². The van der Waals surface area contributed by atoms with Gasteiger partial charge in [-0.05, 0) is 43.9 Å². The molecule has 1 saturated carbocycles. The van der Waals surface area contributed by atoms with Crippen LogP contribution in [0.25, 0.3) is 0 Å². The lowest BCUT2D eigenvalue weighted by molar-refractivity contribution is 0.313. The van der Waals surface area contributed by atoms with E-state index in [1.54, 1.807) is 6.07 Å². The number of nitrogens with one attached hydrogen (secondary N) is 1. The van der Waals surface area contributed by atoms with Crippen LogP contribution in [0.4, 0.5) is 0 Å². The fourth-order valence-corrected chi connectivity index (χ4v) is 2.94. The van der Waals surface area contributed by atoms with Gasteiger partial charge in [0.15, 0.2) is 0 Å². The highest BCUT2D eigenvalue weighted by molar-refractivity contribution is 5.29. The summed E-state index contributed by atoms with van der Waals surface area (Å²) in [4.78, 5) is 2.62. The van der Waals surface area contributed by atoms with Crippen molar-refractivity contribution in [3.05, 3.63) is 29.8 Å². The van der Waals surface area contributed by atoms with Crippen LogP contribution in [-0.4, -0.2) is 35.2 Å². The van der Waals surface area contributed by atoms with Crippen molar-refractivity contribution in [2.24, 2.45) is 0 Å². The van der Waals surface area contributed by atoms with E-state index < -0.39 is 0 Å². The zero-order valence-corrected chi connectivity index (χ0v) is 11.0. The Kier molecular flexibility index (Phi) is 3.27. The zero-order chi connectivity index (χ0) is 12.5. The average molecular weight is 246 g/mol. The Labute approximate surface area is 109 Å². The van der Waals surface area contributed by atoms with Crippen molar-refractivity contribution >= 4 is 0 Å². The van der Waals surface area contributed by atoms with E-state index in [0.717, 1.165) is 6.04 Å². The number of benzene rings is 1. The van der Waals surface area contributed by atoms with E-state index in [-0.39, 0.29) is 0 Å². The van der Waals surface area contributed by atoms with Crippen LogP contribution in [0.2, 0.25) is 0 Å². The molecule has 2 atom stereocenters. The summed E-state index contributed by atoms with van der Waals surface area (Å²) in [6.45, 7) is 4.61. The van der Waals surface area contributed by atoms with E-state index in [1.165, 1.54) is 37.9 Å². The summed E-state index contributed by atoms with van der Waals surface area (Å²) in [7, 11) is 0. The predicted molar refractivity (Wildman–Crippen MR) is 72.7 cm³/mol. The monoisotopic (exact) mass is 246 g/mol. The summed E-state index contributed by atoms with van der Waals surface area (Å²) in [5.74, 6) is 0.354. The van der Waals surface area contributed by atoms with Crippen molar-refractivity contribution < 1.29 is 5.11 Å². The van der Waals surface area contributed by atoms with Gasteiger partial charge in [0.1, 0.15) is 5.75 Å². The van der Waals surface area contributed by atoms with Crippen LogP contribution in [0.1, 0.15) is 37.8 Å². The second-order valence-corrected chi connectivity index (χ2v) is 5.70. The summed E-state index contributed by atoms with van der Waals surface area (Å²) in [5.41, 5.74) is 1.17. The molecule has 1 saturated heterocycles. The van der Waals surface area contributed by atoms with Crippen molar-refractivity contribution in [1.29, 1.82) is 0 Å². The maximum Gasteiger partial charge on any atom is 0.115 e. The maximum absolute atomic E-state index is 9.51. The lowest BCUT2D eigenvalue weighted by atomic mass is 10.1. The Hall–Kier alpha value is -1.06. The van der Waals surface area contributed by atoms with E-state index in [9.17, 15) is 5.11 Å². The highest BCUT2D eigenvalue weighted by atomic mass is 16.3. The summed E-state index contributed by atoms with van der Waals surface area (Å²) in [6.07, 6.45) is 4.04. The molecule has 2 N–H and O–H groups in total. The molecule has 3 heteroatoms. The number of hydrogen-bond donors (Lipinski definition) is 2. The summed E-state index contributed by atoms with van der Waals surface area (Å²) >= 11 is 0. The van der Waals surface area contributed by atoms with Gasteiger partial charge in [-0.3, -0.25) is 4.90 Å². The first-order valence-electron chi connectivity index (χ1n) is 7.01. The normalized spacial score (nSPS) is 26.4. The number of aromatic hydroxyl groups is 1. The van der Waals surface area contributed by atoms with Crippen molar-refractivity contribution in [3.63, 3.8) is 0 Å². The van der Waals surface area contributed by atoms with E-state index in [4.69, 9.17) is 0 Å². The first-order chi connectivity index (χ1) is 8.72. The molecule has 1 aromatic rings. The molecule has 1 aliphatic heterocycles. The number of phenols is 1. The Morgan fingerprint density at radius 1 is 1.33 bits per heavy atom. The molecule has 1 aliphatic carbocycles. The number of rotatable bonds is 4. The number of hydrogen-bond acceptors (Lipinski definition) is 3. The second kappa shape index (κ2) is 4.90. The van der Waals surface area contributed by atoms with E-state index in [2.05, 4.69) is 23.2 Å². The zero-order valence-electron chi connectivity index (χ0n) is 11.0. The molecular formula is C15H22N2O. The largest absolute Gasteiger partial charge is 0.508 e. The fourth-order valence-electron chi connectivity index (χ4n) is 2.94. The smallest absolute Gasteiger partial charge is 0.115 e. The van der Waals surface area contributed by atoms with E-state index >= 15 is 0 Å². The van der Waals surface area contributed by atoms with Gasteiger partial charge >= 0.3 is 0 Å². The van der Waals surface area contributed by atoms with Crippen LogP contribution in [0.15, 0.2) is 24.3 Å². The minimum atomic E-state index is 0.307. The first kappa shape index (κ1) is 12.0. The third-order valence-corrected chi connectivity index (χ3v) is 4.14. The summed E-state index contributed by atoms with van der Waals surface area (Å²) < 4.78 is 0. The first-order valence-corrected chi connectivity index (χ1v) is 7.01. The third-order valence-electron chi connectivity index (χ3n) is 4.14. The maximum atomic E-state index is 9.51. The highest BCUT2D eigenvalue weighted by Crippen LogP contribution is 2.30. The summed E-state index contributed by atoms with van der Waals surface area (Å²) in [5, 5.41) is 13.2. The lowest BCUT2D eigenvalue weighted by Gasteiger charge is -2.21. The lowest BCUT2D eigenvalue weighted by Crippen LogP contribution is -2.34. The molecule has 0 aromatic heterocycles. The molecule has 1 aromatic carbocycles. The topological polar surface area (TPSA) is 35.5 Å². The third kappa shape index (κ3) is 2.68. The Balaban J connectivity index is 1.56. The SMILES string of the molecule is CC(NC1CCN(C2CC2)C1)c1cccc(O)c1. The Bertz CT molecular complexity index is 417. The van der Waals surface area contributed by atoms with Crippen LogP contribution >= 0.6 is 0 Å². The van der Waals surface area contributed by atoms with E-state index in [0.29, 0.717) is 17.8 Å². The Morgan fingerprint density at radius 3 is 2.89 bits per heavy atom. The van der Waals surface area contributed by atoms with Gasteiger partial charge in [0.25, 0.3) is 0 Å². The van der Waals surface area contributed by atoms with Gasteiger partial charge < -0.3 is 10.4 Å². The quantitative estimate of drug-likeness (QED) is 0.855. The molecular weight excluding hydrogens is 224 g/mol. The van der Waals surface area contributed by atoms with Crippen molar-refractivity contribution in [1.82, 2.24) is 10.2 Å². The van der Waals surface area contributed by atoms with Crippen molar-refractivity contribution in [3.8, 4) is 5.75 Å². The predicted octanol–water partition coefficient (Wildman–Crippen LogP) is 2.28. The Morgan fingerprint density at radius 2 is 2.17 bits per heavy atom. The van der Waals surface area contributed by atoms with E-state index in [1.807, 2.05) is 12.1 Å². The minimum Gasteiger partial charge on any atom is -0.508 e. The number of phenolic OH excluding ortho intramolecular Hbond substituents is 1. The second-order valence-electron chi connectivity index (χ2n) is 5.70. The molecule has 0 amide bonds. The molecule has 3 rings (SSSR count). The molecule has 3 nitrogen and oxygen atoms in total. The average Bonchev–Trinajstić information content (AvgIpc) is 3.11. The number of likely N-dealkylation sites (tertiary alicyclic amines) is 1. The molecule has 0 spiro atoms.